The van der Waals surface area contributed by atoms with E-state index in [1.54, 1.807) is 13.2 Å². The Morgan fingerprint density at radius 2 is 2.28 bits per heavy atom. The lowest BCUT2D eigenvalue weighted by molar-refractivity contribution is -0.0679. The van der Waals surface area contributed by atoms with Crippen molar-refractivity contribution in [2.24, 2.45) is 5.73 Å². The summed E-state index contributed by atoms with van der Waals surface area (Å²) in [7, 11) is 1.71. The molecule has 0 atom stereocenters. The smallest absolute Gasteiger partial charge is 0.251 e. The third-order valence-electron chi connectivity index (χ3n) is 3.69. The molecule has 0 saturated heterocycles. The Morgan fingerprint density at radius 3 is 2.83 bits per heavy atom. The van der Waals surface area contributed by atoms with Gasteiger partial charge in [-0.15, -0.1) is 0 Å². The number of rotatable bonds is 5. The predicted molar refractivity (Wildman–Crippen MR) is 70.3 cm³/mol. The Morgan fingerprint density at radius 1 is 1.50 bits per heavy atom. The molecule has 4 heteroatoms. The first kappa shape index (κ1) is 13.1. The Balaban J connectivity index is 1.95. The third-order valence-corrected chi connectivity index (χ3v) is 3.69. The fourth-order valence-corrected chi connectivity index (χ4v) is 2.21. The van der Waals surface area contributed by atoms with E-state index in [2.05, 4.69) is 5.32 Å². The monoisotopic (exact) mass is 248 g/mol. The van der Waals surface area contributed by atoms with Crippen LogP contribution in [-0.2, 0) is 11.3 Å². The van der Waals surface area contributed by atoms with Gasteiger partial charge in [0.15, 0.2) is 0 Å². The minimum Gasteiger partial charge on any atom is -0.376 e. The van der Waals surface area contributed by atoms with Crippen LogP contribution in [0.5, 0.6) is 0 Å². The van der Waals surface area contributed by atoms with Crippen LogP contribution in [0.3, 0.4) is 0 Å². The van der Waals surface area contributed by atoms with Crippen LogP contribution in [-0.4, -0.2) is 25.2 Å². The molecule has 0 aromatic heterocycles. The quantitative estimate of drug-likeness (QED) is 0.829. The molecule has 0 spiro atoms. The Hall–Kier alpha value is -1.39. The predicted octanol–water partition coefficient (Wildman–Crippen LogP) is 1.44. The third kappa shape index (κ3) is 2.71. The molecule has 1 amide bonds. The Bertz CT molecular complexity index is 422. The first-order valence-electron chi connectivity index (χ1n) is 6.31. The van der Waals surface area contributed by atoms with E-state index in [-0.39, 0.29) is 11.5 Å². The van der Waals surface area contributed by atoms with Crippen molar-refractivity contribution in [1.82, 2.24) is 5.32 Å². The van der Waals surface area contributed by atoms with Crippen LogP contribution in [0.25, 0.3) is 0 Å². The molecule has 0 unspecified atom stereocenters. The van der Waals surface area contributed by atoms with Crippen molar-refractivity contribution >= 4 is 5.91 Å². The molecule has 0 aliphatic heterocycles. The minimum absolute atomic E-state index is 0.0615. The summed E-state index contributed by atoms with van der Waals surface area (Å²) < 4.78 is 5.47. The van der Waals surface area contributed by atoms with Crippen molar-refractivity contribution < 1.29 is 9.53 Å². The number of amides is 1. The molecule has 1 fully saturated rings. The van der Waals surface area contributed by atoms with Gasteiger partial charge >= 0.3 is 0 Å². The van der Waals surface area contributed by atoms with Crippen molar-refractivity contribution in [3.8, 4) is 0 Å². The molecule has 3 N–H and O–H groups in total. The Labute approximate surface area is 108 Å². The lowest BCUT2D eigenvalue weighted by Crippen LogP contribution is -2.49. The van der Waals surface area contributed by atoms with Crippen LogP contribution in [0, 0.1) is 0 Å². The number of ether oxygens (including phenoxy) is 1. The van der Waals surface area contributed by atoms with Gasteiger partial charge in [-0.1, -0.05) is 12.1 Å². The van der Waals surface area contributed by atoms with E-state index >= 15 is 0 Å². The van der Waals surface area contributed by atoms with Crippen LogP contribution in [0.2, 0.25) is 0 Å². The van der Waals surface area contributed by atoms with E-state index in [0.717, 1.165) is 18.4 Å². The Kier molecular flexibility index (Phi) is 3.99. The highest BCUT2D eigenvalue weighted by Gasteiger charge is 2.37. The first-order valence-corrected chi connectivity index (χ1v) is 6.31. The summed E-state index contributed by atoms with van der Waals surface area (Å²) in [6.07, 6.45) is 3.21. The van der Waals surface area contributed by atoms with Crippen LogP contribution >= 0.6 is 0 Å². The average molecular weight is 248 g/mol. The van der Waals surface area contributed by atoms with Gasteiger partial charge in [-0.2, -0.15) is 0 Å². The molecule has 18 heavy (non-hydrogen) atoms. The number of methoxy groups -OCH3 is 1. The van der Waals surface area contributed by atoms with E-state index in [9.17, 15) is 4.79 Å². The number of carbonyl (C=O) groups is 1. The van der Waals surface area contributed by atoms with Crippen molar-refractivity contribution in [1.29, 1.82) is 0 Å². The summed E-state index contributed by atoms with van der Waals surface area (Å²) >= 11 is 0. The number of benzene rings is 1. The van der Waals surface area contributed by atoms with Gasteiger partial charge in [-0.05, 0) is 37.0 Å². The van der Waals surface area contributed by atoms with Gasteiger partial charge in [0, 0.05) is 25.8 Å². The molecule has 1 aromatic carbocycles. The molecule has 1 aliphatic rings. The van der Waals surface area contributed by atoms with Crippen LogP contribution in [0.4, 0.5) is 0 Å². The maximum Gasteiger partial charge on any atom is 0.251 e. The molecule has 0 heterocycles. The van der Waals surface area contributed by atoms with E-state index in [0.29, 0.717) is 18.7 Å². The number of hydrogen-bond acceptors (Lipinski definition) is 3. The van der Waals surface area contributed by atoms with E-state index in [1.807, 2.05) is 18.2 Å². The second-order valence-electron chi connectivity index (χ2n) is 4.83. The summed E-state index contributed by atoms with van der Waals surface area (Å²) in [5, 5.41) is 2.94. The number of carbonyl (C=O) groups excluding carboxylic acids is 1. The molecule has 4 nitrogen and oxygen atoms in total. The highest BCUT2D eigenvalue weighted by Crippen LogP contribution is 2.34. The van der Waals surface area contributed by atoms with E-state index < -0.39 is 0 Å². The van der Waals surface area contributed by atoms with E-state index in [4.69, 9.17) is 10.5 Å². The molecule has 98 valence electrons. The van der Waals surface area contributed by atoms with Gasteiger partial charge in [-0.25, -0.2) is 0 Å². The summed E-state index contributed by atoms with van der Waals surface area (Å²) in [6, 6.07) is 7.40. The highest BCUT2D eigenvalue weighted by molar-refractivity contribution is 5.94. The maximum absolute atomic E-state index is 12.0. The van der Waals surface area contributed by atoms with E-state index in [1.165, 1.54) is 6.42 Å². The normalized spacial score (nSPS) is 17.0. The van der Waals surface area contributed by atoms with Crippen molar-refractivity contribution in [3.05, 3.63) is 35.4 Å². The lowest BCUT2D eigenvalue weighted by atomic mass is 9.80. The van der Waals surface area contributed by atoms with Gasteiger partial charge in [0.1, 0.15) is 0 Å². The van der Waals surface area contributed by atoms with Gasteiger partial charge in [0.25, 0.3) is 5.91 Å². The van der Waals surface area contributed by atoms with Gasteiger partial charge in [0.2, 0.25) is 0 Å². The zero-order chi connectivity index (χ0) is 13.0. The first-order chi connectivity index (χ1) is 8.69. The van der Waals surface area contributed by atoms with Gasteiger partial charge in [0.05, 0.1) is 5.60 Å². The minimum atomic E-state index is -0.138. The highest BCUT2D eigenvalue weighted by atomic mass is 16.5. The summed E-state index contributed by atoms with van der Waals surface area (Å²) in [5.74, 6) is -0.0615. The molecule has 0 bridgehead atoms. The standard InChI is InChI=1S/C14H20N2O2/c1-18-14(6-3-7-14)10-16-13(17)12-5-2-4-11(8-12)9-15/h2,4-5,8H,3,6-7,9-10,15H2,1H3,(H,16,17). The van der Waals surface area contributed by atoms with Crippen molar-refractivity contribution in [3.63, 3.8) is 0 Å². The van der Waals surface area contributed by atoms with Crippen LogP contribution in [0.15, 0.2) is 24.3 Å². The van der Waals surface area contributed by atoms with Gasteiger partial charge in [-0.3, -0.25) is 4.79 Å². The van der Waals surface area contributed by atoms with Crippen LogP contribution < -0.4 is 11.1 Å². The summed E-state index contributed by atoms with van der Waals surface area (Å²) in [5.41, 5.74) is 7.05. The number of hydrogen-bond donors (Lipinski definition) is 2. The number of nitrogens with one attached hydrogen (secondary N) is 1. The zero-order valence-electron chi connectivity index (χ0n) is 10.7. The second-order valence-corrected chi connectivity index (χ2v) is 4.83. The SMILES string of the molecule is COC1(CNC(=O)c2cccc(CN)c2)CCC1. The second kappa shape index (κ2) is 5.50. The zero-order valence-corrected chi connectivity index (χ0v) is 10.7. The molecule has 1 saturated carbocycles. The van der Waals surface area contributed by atoms with Crippen molar-refractivity contribution in [2.75, 3.05) is 13.7 Å². The van der Waals surface area contributed by atoms with Gasteiger partial charge < -0.3 is 15.8 Å². The van der Waals surface area contributed by atoms with Crippen LogP contribution in [0.1, 0.15) is 35.2 Å². The summed E-state index contributed by atoms with van der Waals surface area (Å²) in [6.45, 7) is 1.03. The molecular weight excluding hydrogens is 228 g/mol. The molecule has 1 aliphatic carbocycles. The maximum atomic E-state index is 12.0. The largest absolute Gasteiger partial charge is 0.376 e. The fraction of sp³-hybridized carbons (Fsp3) is 0.500. The topological polar surface area (TPSA) is 64.3 Å². The molecule has 2 rings (SSSR count). The molecular formula is C14H20N2O2. The summed E-state index contributed by atoms with van der Waals surface area (Å²) in [4.78, 5) is 12.0. The fourth-order valence-electron chi connectivity index (χ4n) is 2.21. The van der Waals surface area contributed by atoms with Crippen molar-refractivity contribution in [2.45, 2.75) is 31.4 Å². The molecule has 1 aromatic rings. The lowest BCUT2D eigenvalue weighted by Gasteiger charge is -2.40. The molecule has 0 radical (unpaired) electrons. The average Bonchev–Trinajstić information content (AvgIpc) is 2.38. The number of nitrogens with two attached hydrogens (primary N) is 1.